The van der Waals surface area contributed by atoms with Crippen LogP contribution in [-0.2, 0) is 25.5 Å². The standard InChI is InChI=1S/C25H29FN2O7/c1-14-18-9-8-17(26)12-16(18)6-5-7-19(14)34-25(31)15(2)28-24(30)22-23(35-21(29)13-32-3)20(33-4)10-11-27-22/h8-12,14-15,19H,5-7,13H2,1-4H3,(H,28,30)/t14?,15-,19?/m0/s1. The van der Waals surface area contributed by atoms with Gasteiger partial charge in [-0.1, -0.05) is 13.0 Å². The summed E-state index contributed by atoms with van der Waals surface area (Å²) in [6.45, 7) is 3.09. The van der Waals surface area contributed by atoms with Crippen molar-refractivity contribution in [2.45, 2.75) is 51.2 Å². The van der Waals surface area contributed by atoms with E-state index in [1.807, 2.05) is 6.92 Å². The van der Waals surface area contributed by atoms with Gasteiger partial charge in [0.05, 0.1) is 7.11 Å². The van der Waals surface area contributed by atoms with Crippen molar-refractivity contribution < 1.29 is 37.7 Å². The lowest BCUT2D eigenvalue weighted by Crippen LogP contribution is -2.42. The first-order valence-corrected chi connectivity index (χ1v) is 11.3. The average molecular weight is 489 g/mol. The van der Waals surface area contributed by atoms with Gasteiger partial charge in [-0.3, -0.25) is 4.79 Å². The molecular formula is C25H29FN2O7. The number of aryl methyl sites for hydroxylation is 1. The number of hydrogen-bond acceptors (Lipinski definition) is 8. The molecule has 35 heavy (non-hydrogen) atoms. The SMILES string of the molecule is COCC(=O)Oc1c(OC)ccnc1C(=O)N[C@@H](C)C(=O)OC1CCCc2cc(F)ccc2C1C. The van der Waals surface area contributed by atoms with Crippen LogP contribution in [0.2, 0.25) is 0 Å². The Labute approximate surface area is 202 Å². The minimum Gasteiger partial charge on any atom is -0.493 e. The van der Waals surface area contributed by atoms with Crippen LogP contribution < -0.4 is 14.8 Å². The van der Waals surface area contributed by atoms with Gasteiger partial charge in [-0.2, -0.15) is 0 Å². The summed E-state index contributed by atoms with van der Waals surface area (Å²) in [6, 6.07) is 5.08. The van der Waals surface area contributed by atoms with Crippen LogP contribution in [0.25, 0.3) is 0 Å². The lowest BCUT2D eigenvalue weighted by Gasteiger charge is -2.25. The molecule has 1 aromatic heterocycles. The van der Waals surface area contributed by atoms with Gasteiger partial charge in [0, 0.05) is 25.3 Å². The van der Waals surface area contributed by atoms with Crippen LogP contribution in [-0.4, -0.2) is 55.8 Å². The monoisotopic (exact) mass is 488 g/mol. The van der Waals surface area contributed by atoms with Gasteiger partial charge in [0.25, 0.3) is 5.91 Å². The highest BCUT2D eigenvalue weighted by molar-refractivity contribution is 5.98. The summed E-state index contributed by atoms with van der Waals surface area (Å²) in [7, 11) is 2.68. The third kappa shape index (κ3) is 6.33. The molecular weight excluding hydrogens is 459 g/mol. The van der Waals surface area contributed by atoms with E-state index in [-0.39, 0.29) is 35.5 Å². The van der Waals surface area contributed by atoms with Crippen molar-refractivity contribution in [3.05, 3.63) is 53.1 Å². The Hall–Kier alpha value is -3.53. The van der Waals surface area contributed by atoms with Gasteiger partial charge in [-0.25, -0.2) is 19.0 Å². The van der Waals surface area contributed by atoms with Crippen LogP contribution >= 0.6 is 0 Å². The maximum absolute atomic E-state index is 13.6. The predicted octanol–water partition coefficient (Wildman–Crippen LogP) is 2.95. The largest absolute Gasteiger partial charge is 0.493 e. The summed E-state index contributed by atoms with van der Waals surface area (Å²) in [5, 5.41) is 2.54. The molecule has 0 spiro atoms. The summed E-state index contributed by atoms with van der Waals surface area (Å²) in [5.41, 5.74) is 1.63. The minimum absolute atomic E-state index is 0.118. The highest BCUT2D eigenvalue weighted by Gasteiger charge is 2.31. The minimum atomic E-state index is -1.01. The molecule has 1 amide bonds. The molecule has 0 saturated carbocycles. The van der Waals surface area contributed by atoms with Crippen LogP contribution in [0, 0.1) is 5.82 Å². The molecule has 0 bridgehead atoms. The maximum atomic E-state index is 13.6. The molecule has 0 aliphatic heterocycles. The van der Waals surface area contributed by atoms with Crippen LogP contribution in [0.15, 0.2) is 30.5 Å². The second-order valence-electron chi connectivity index (χ2n) is 8.29. The Morgan fingerprint density at radius 1 is 1.23 bits per heavy atom. The van der Waals surface area contributed by atoms with E-state index in [0.717, 1.165) is 17.5 Å². The van der Waals surface area contributed by atoms with Crippen molar-refractivity contribution >= 4 is 17.8 Å². The van der Waals surface area contributed by atoms with Crippen molar-refractivity contribution in [2.24, 2.45) is 0 Å². The normalized spacial score (nSPS) is 18.0. The van der Waals surface area contributed by atoms with Crippen molar-refractivity contribution in [3.8, 4) is 11.5 Å². The predicted molar refractivity (Wildman–Crippen MR) is 123 cm³/mol. The molecule has 3 rings (SSSR count). The van der Waals surface area contributed by atoms with E-state index in [1.54, 1.807) is 6.07 Å². The molecule has 1 N–H and O–H groups in total. The molecule has 2 aromatic rings. The fourth-order valence-corrected chi connectivity index (χ4v) is 4.03. The smallest absolute Gasteiger partial charge is 0.337 e. The molecule has 10 heteroatoms. The van der Waals surface area contributed by atoms with E-state index >= 15 is 0 Å². The zero-order chi connectivity index (χ0) is 25.5. The first-order valence-electron chi connectivity index (χ1n) is 11.3. The van der Waals surface area contributed by atoms with Crippen LogP contribution in [0.3, 0.4) is 0 Å². The van der Waals surface area contributed by atoms with Gasteiger partial charge >= 0.3 is 11.9 Å². The van der Waals surface area contributed by atoms with Crippen molar-refractivity contribution in [1.29, 1.82) is 0 Å². The average Bonchev–Trinajstić information content (AvgIpc) is 2.97. The lowest BCUT2D eigenvalue weighted by molar-refractivity contribution is -0.152. The molecule has 1 heterocycles. The Morgan fingerprint density at radius 3 is 2.71 bits per heavy atom. The third-order valence-electron chi connectivity index (χ3n) is 5.84. The Morgan fingerprint density at radius 2 is 2.00 bits per heavy atom. The van der Waals surface area contributed by atoms with Gasteiger partial charge in [0.2, 0.25) is 5.75 Å². The van der Waals surface area contributed by atoms with Crippen LogP contribution in [0.1, 0.15) is 54.2 Å². The van der Waals surface area contributed by atoms with Gasteiger partial charge < -0.3 is 24.3 Å². The molecule has 0 saturated heterocycles. The number of nitrogens with zero attached hydrogens (tertiary/aromatic N) is 1. The van der Waals surface area contributed by atoms with E-state index in [9.17, 15) is 18.8 Å². The topological polar surface area (TPSA) is 113 Å². The summed E-state index contributed by atoms with van der Waals surface area (Å²) in [6.07, 6.45) is 2.94. The fraction of sp³-hybridized carbons (Fsp3) is 0.440. The number of ether oxygens (including phenoxy) is 4. The number of nitrogens with one attached hydrogen (secondary N) is 1. The number of hydrogen-bond donors (Lipinski definition) is 1. The van der Waals surface area contributed by atoms with Crippen LogP contribution in [0.5, 0.6) is 11.5 Å². The number of fused-ring (bicyclic) bond motifs is 1. The van der Waals surface area contributed by atoms with Crippen molar-refractivity contribution in [1.82, 2.24) is 10.3 Å². The van der Waals surface area contributed by atoms with E-state index in [1.165, 1.54) is 45.5 Å². The highest BCUT2D eigenvalue weighted by atomic mass is 19.1. The van der Waals surface area contributed by atoms with E-state index < -0.39 is 30.0 Å². The number of rotatable bonds is 8. The molecule has 0 radical (unpaired) electrons. The van der Waals surface area contributed by atoms with Gasteiger partial charge in [-0.15, -0.1) is 0 Å². The Bertz CT molecular complexity index is 1090. The molecule has 1 aliphatic carbocycles. The number of halogens is 1. The summed E-state index contributed by atoms with van der Waals surface area (Å²) < 4.78 is 34.5. The van der Waals surface area contributed by atoms with Gasteiger partial charge in [0.1, 0.15) is 24.6 Å². The number of aromatic nitrogens is 1. The zero-order valence-corrected chi connectivity index (χ0v) is 20.1. The molecule has 2 unspecified atom stereocenters. The molecule has 0 fully saturated rings. The van der Waals surface area contributed by atoms with Gasteiger partial charge in [0.15, 0.2) is 11.4 Å². The number of esters is 2. The first kappa shape index (κ1) is 26.1. The zero-order valence-electron chi connectivity index (χ0n) is 20.1. The number of methoxy groups -OCH3 is 2. The van der Waals surface area contributed by atoms with Crippen LogP contribution in [0.4, 0.5) is 4.39 Å². The number of carbonyl (C=O) groups excluding carboxylic acids is 3. The summed E-state index contributed by atoms with van der Waals surface area (Å²) in [4.78, 5) is 41.6. The number of pyridine rings is 1. The van der Waals surface area contributed by atoms with Crippen molar-refractivity contribution in [3.63, 3.8) is 0 Å². The van der Waals surface area contributed by atoms with E-state index in [2.05, 4.69) is 10.3 Å². The van der Waals surface area contributed by atoms with E-state index in [0.29, 0.717) is 12.8 Å². The number of carbonyl (C=O) groups is 3. The maximum Gasteiger partial charge on any atom is 0.337 e. The second kappa shape index (κ2) is 11.7. The number of amides is 1. The molecule has 3 atom stereocenters. The van der Waals surface area contributed by atoms with Gasteiger partial charge in [-0.05, 0) is 49.4 Å². The number of benzene rings is 1. The Kier molecular flexibility index (Phi) is 8.75. The van der Waals surface area contributed by atoms with E-state index in [4.69, 9.17) is 18.9 Å². The highest BCUT2D eigenvalue weighted by Crippen LogP contribution is 2.33. The summed E-state index contributed by atoms with van der Waals surface area (Å²) >= 11 is 0. The molecule has 9 nitrogen and oxygen atoms in total. The lowest BCUT2D eigenvalue weighted by atomic mass is 9.92. The second-order valence-corrected chi connectivity index (χ2v) is 8.29. The fourth-order valence-electron chi connectivity index (χ4n) is 4.03. The molecule has 1 aliphatic rings. The Balaban J connectivity index is 1.70. The summed E-state index contributed by atoms with van der Waals surface area (Å²) in [5.74, 6) is -2.61. The van der Waals surface area contributed by atoms with Crippen molar-refractivity contribution in [2.75, 3.05) is 20.8 Å². The first-order chi connectivity index (χ1) is 16.7. The third-order valence-corrected chi connectivity index (χ3v) is 5.84. The molecule has 1 aromatic carbocycles. The quantitative estimate of drug-likeness (QED) is 0.446. The molecule has 188 valence electrons.